The number of nitrogens with one attached hydrogen (secondary N) is 1. The maximum atomic E-state index is 13.1. The van der Waals surface area contributed by atoms with Crippen LogP contribution in [0.25, 0.3) is 28.2 Å². The molecule has 0 unspecified atom stereocenters. The number of rotatable bonds is 4. The van der Waals surface area contributed by atoms with E-state index in [4.69, 9.17) is 16.6 Å². The summed E-state index contributed by atoms with van der Waals surface area (Å²) in [6.45, 7) is 2.05. The molecule has 0 aliphatic carbocycles. The molecule has 0 spiro atoms. The summed E-state index contributed by atoms with van der Waals surface area (Å²) in [6, 6.07) is 27.0. The second-order valence-corrected chi connectivity index (χ2v) is 7.95. The van der Waals surface area contributed by atoms with Crippen molar-refractivity contribution in [3.05, 3.63) is 107 Å². The lowest BCUT2D eigenvalue weighted by Gasteiger charge is -2.10. The van der Waals surface area contributed by atoms with Crippen molar-refractivity contribution in [2.75, 3.05) is 5.32 Å². The van der Waals surface area contributed by atoms with Crippen molar-refractivity contribution in [2.24, 2.45) is 0 Å². The highest BCUT2D eigenvalue weighted by Gasteiger charge is 2.19. The Morgan fingerprint density at radius 2 is 1.59 bits per heavy atom. The number of aryl methyl sites for hydroxylation is 1. The summed E-state index contributed by atoms with van der Waals surface area (Å²) < 4.78 is 1.71. The topological polar surface area (TPSA) is 59.3 Å². The Balaban J connectivity index is 1.67. The van der Waals surface area contributed by atoms with Gasteiger partial charge in [0.15, 0.2) is 5.65 Å². The number of fused-ring (bicyclic) bond motifs is 1. The molecule has 32 heavy (non-hydrogen) atoms. The molecule has 0 atom stereocenters. The van der Waals surface area contributed by atoms with Crippen molar-refractivity contribution in [1.29, 1.82) is 0 Å². The number of hydrogen-bond acceptors (Lipinski definition) is 3. The number of amides is 1. The third kappa shape index (κ3) is 3.86. The van der Waals surface area contributed by atoms with E-state index in [0.717, 1.165) is 22.5 Å². The molecule has 5 nitrogen and oxygen atoms in total. The van der Waals surface area contributed by atoms with Gasteiger partial charge in [-0.1, -0.05) is 71.8 Å². The summed E-state index contributed by atoms with van der Waals surface area (Å²) in [5.74, 6) is -0.262. The summed E-state index contributed by atoms with van der Waals surface area (Å²) in [5.41, 5.74) is 6.24. The van der Waals surface area contributed by atoms with Crippen LogP contribution in [0, 0.1) is 6.92 Å². The minimum absolute atomic E-state index is 0.262. The highest BCUT2D eigenvalue weighted by atomic mass is 35.5. The zero-order valence-electron chi connectivity index (χ0n) is 17.3. The van der Waals surface area contributed by atoms with E-state index in [9.17, 15) is 4.79 Å². The van der Waals surface area contributed by atoms with Crippen molar-refractivity contribution >= 4 is 28.8 Å². The van der Waals surface area contributed by atoms with E-state index in [2.05, 4.69) is 22.5 Å². The number of carbonyl (C=O) groups excluding carboxylic acids is 1. The fraction of sp³-hybridized carbons (Fsp3) is 0.0385. The van der Waals surface area contributed by atoms with Crippen LogP contribution in [0.4, 0.5) is 5.69 Å². The van der Waals surface area contributed by atoms with Gasteiger partial charge < -0.3 is 5.32 Å². The molecule has 156 valence electrons. The molecule has 0 saturated heterocycles. The van der Waals surface area contributed by atoms with Gasteiger partial charge in [0.05, 0.1) is 17.6 Å². The second-order valence-electron chi connectivity index (χ2n) is 7.51. The predicted molar refractivity (Wildman–Crippen MR) is 128 cm³/mol. The molecule has 3 aromatic carbocycles. The number of halogens is 1. The maximum Gasteiger partial charge on any atom is 0.261 e. The summed E-state index contributed by atoms with van der Waals surface area (Å²) in [4.78, 5) is 17.9. The van der Waals surface area contributed by atoms with E-state index >= 15 is 0 Å². The monoisotopic (exact) mass is 438 g/mol. The highest BCUT2D eigenvalue weighted by molar-refractivity contribution is 6.30. The van der Waals surface area contributed by atoms with E-state index in [0.29, 0.717) is 21.9 Å². The van der Waals surface area contributed by atoms with Gasteiger partial charge in [-0.2, -0.15) is 5.10 Å². The molecule has 0 saturated carbocycles. The Labute approximate surface area is 190 Å². The van der Waals surface area contributed by atoms with Crippen molar-refractivity contribution in [3.63, 3.8) is 0 Å². The van der Waals surface area contributed by atoms with Crippen molar-refractivity contribution in [1.82, 2.24) is 14.6 Å². The molecule has 0 aliphatic heterocycles. The quantitative estimate of drug-likeness (QED) is 0.359. The fourth-order valence-corrected chi connectivity index (χ4v) is 3.67. The smallest absolute Gasteiger partial charge is 0.261 e. The minimum Gasteiger partial charge on any atom is -0.322 e. The van der Waals surface area contributed by atoms with E-state index in [1.807, 2.05) is 79.7 Å². The number of aromatic nitrogens is 3. The first-order chi connectivity index (χ1) is 15.6. The fourth-order valence-electron chi connectivity index (χ4n) is 3.54. The molecule has 6 heteroatoms. The summed E-state index contributed by atoms with van der Waals surface area (Å²) in [7, 11) is 0. The molecule has 0 radical (unpaired) electrons. The van der Waals surface area contributed by atoms with E-state index < -0.39 is 0 Å². The number of nitrogens with zero attached hydrogens (tertiary/aromatic N) is 3. The van der Waals surface area contributed by atoms with Crippen molar-refractivity contribution in [3.8, 4) is 22.5 Å². The van der Waals surface area contributed by atoms with E-state index in [1.54, 1.807) is 10.7 Å². The Morgan fingerprint density at radius 1 is 0.906 bits per heavy atom. The SMILES string of the molecule is Cc1ccc(-c2cc(-c3ccc(Cl)cc3)nc3c(C(=O)Nc4ccccc4)cnn23)cc1. The second kappa shape index (κ2) is 8.29. The van der Waals surface area contributed by atoms with Gasteiger partial charge >= 0.3 is 0 Å². The third-order valence-electron chi connectivity index (χ3n) is 5.24. The zero-order chi connectivity index (χ0) is 22.1. The van der Waals surface area contributed by atoms with Crippen LogP contribution in [-0.2, 0) is 0 Å². The van der Waals surface area contributed by atoms with Crippen LogP contribution in [0.5, 0.6) is 0 Å². The Kier molecular flexibility index (Phi) is 5.17. The van der Waals surface area contributed by atoms with Crippen LogP contribution in [-0.4, -0.2) is 20.5 Å². The normalized spacial score (nSPS) is 10.9. The molecular formula is C26H19ClN4O. The predicted octanol–water partition coefficient (Wildman–Crippen LogP) is 6.28. The van der Waals surface area contributed by atoms with Gasteiger partial charge in [-0.3, -0.25) is 4.79 Å². The van der Waals surface area contributed by atoms with Gasteiger partial charge in [0, 0.05) is 21.8 Å². The van der Waals surface area contributed by atoms with Crippen molar-refractivity contribution in [2.45, 2.75) is 6.92 Å². The van der Waals surface area contributed by atoms with Gasteiger partial charge in [0.2, 0.25) is 0 Å². The van der Waals surface area contributed by atoms with E-state index in [-0.39, 0.29) is 5.91 Å². The standard InChI is InChI=1S/C26H19ClN4O/c1-17-7-9-19(10-8-17)24-15-23(18-11-13-20(27)14-12-18)30-25-22(16-28-31(24)25)26(32)29-21-5-3-2-4-6-21/h2-16H,1H3,(H,29,32). The van der Waals surface area contributed by atoms with Gasteiger partial charge in [-0.05, 0) is 37.3 Å². The van der Waals surface area contributed by atoms with Crippen LogP contribution in [0.3, 0.4) is 0 Å². The zero-order valence-corrected chi connectivity index (χ0v) is 18.0. The van der Waals surface area contributed by atoms with Crippen LogP contribution >= 0.6 is 11.6 Å². The van der Waals surface area contributed by atoms with Crippen LogP contribution in [0.1, 0.15) is 15.9 Å². The Bertz CT molecular complexity index is 1410. The lowest BCUT2D eigenvalue weighted by molar-refractivity contribution is 0.102. The number of carbonyl (C=O) groups is 1. The van der Waals surface area contributed by atoms with Crippen LogP contribution < -0.4 is 5.32 Å². The average Bonchev–Trinajstić information content (AvgIpc) is 3.24. The molecule has 2 heterocycles. The van der Waals surface area contributed by atoms with Crippen molar-refractivity contribution < 1.29 is 4.79 Å². The van der Waals surface area contributed by atoms with Crippen LogP contribution in [0.15, 0.2) is 91.1 Å². The maximum absolute atomic E-state index is 13.1. The molecule has 0 bridgehead atoms. The molecule has 1 amide bonds. The number of benzene rings is 3. The van der Waals surface area contributed by atoms with Gasteiger partial charge in [-0.25, -0.2) is 9.50 Å². The summed E-state index contributed by atoms with van der Waals surface area (Å²) in [6.07, 6.45) is 1.56. The first-order valence-corrected chi connectivity index (χ1v) is 10.5. The molecular weight excluding hydrogens is 420 g/mol. The molecule has 0 aliphatic rings. The Hall–Kier alpha value is -3.96. The molecule has 0 fully saturated rings. The van der Waals surface area contributed by atoms with Gasteiger partial charge in [0.25, 0.3) is 5.91 Å². The Morgan fingerprint density at radius 3 is 2.31 bits per heavy atom. The first-order valence-electron chi connectivity index (χ1n) is 10.2. The average molecular weight is 439 g/mol. The molecule has 1 N–H and O–H groups in total. The highest BCUT2D eigenvalue weighted by Crippen LogP contribution is 2.28. The van der Waals surface area contributed by atoms with Gasteiger partial charge in [0.1, 0.15) is 5.56 Å². The number of para-hydroxylation sites is 1. The summed E-state index contributed by atoms with van der Waals surface area (Å²) in [5, 5.41) is 8.07. The molecule has 2 aromatic heterocycles. The molecule has 5 rings (SSSR count). The third-order valence-corrected chi connectivity index (χ3v) is 5.49. The lowest BCUT2D eigenvalue weighted by Crippen LogP contribution is -2.12. The lowest BCUT2D eigenvalue weighted by atomic mass is 10.1. The first kappa shape index (κ1) is 20.0. The van der Waals surface area contributed by atoms with E-state index in [1.165, 1.54) is 5.56 Å². The van der Waals surface area contributed by atoms with Gasteiger partial charge in [-0.15, -0.1) is 0 Å². The molecule has 5 aromatic rings. The number of anilines is 1. The minimum atomic E-state index is -0.262. The summed E-state index contributed by atoms with van der Waals surface area (Å²) >= 11 is 6.08. The number of hydrogen-bond donors (Lipinski definition) is 1. The van der Waals surface area contributed by atoms with Crippen LogP contribution in [0.2, 0.25) is 5.02 Å². The largest absolute Gasteiger partial charge is 0.322 e.